The summed E-state index contributed by atoms with van der Waals surface area (Å²) in [7, 11) is 0. The zero-order valence-corrected chi connectivity index (χ0v) is 13.6. The molecule has 0 N–H and O–H groups in total. The Hall–Kier alpha value is -1.92. The maximum absolute atomic E-state index is 14.1. The minimum absolute atomic E-state index is 0.117. The van der Waals surface area contributed by atoms with Crippen molar-refractivity contribution in [1.29, 1.82) is 0 Å². The molecule has 0 amide bonds. The van der Waals surface area contributed by atoms with Gasteiger partial charge in [-0.1, -0.05) is 13.3 Å². The highest BCUT2D eigenvalue weighted by Crippen LogP contribution is 2.36. The van der Waals surface area contributed by atoms with Crippen molar-refractivity contribution in [3.8, 4) is 11.5 Å². The van der Waals surface area contributed by atoms with E-state index in [1.165, 1.54) is 6.08 Å². The summed E-state index contributed by atoms with van der Waals surface area (Å²) >= 11 is 0. The second-order valence-corrected chi connectivity index (χ2v) is 5.51. The van der Waals surface area contributed by atoms with Gasteiger partial charge in [0.25, 0.3) is 0 Å². The molecule has 0 radical (unpaired) electrons. The van der Waals surface area contributed by atoms with Gasteiger partial charge in [0, 0.05) is 0 Å². The summed E-state index contributed by atoms with van der Waals surface area (Å²) in [4.78, 5) is 0. The second-order valence-electron chi connectivity index (χ2n) is 5.51. The average Bonchev–Trinajstić information content (AvgIpc) is 2.55. The minimum atomic E-state index is -3.88. The van der Waals surface area contributed by atoms with Gasteiger partial charge in [-0.25, -0.2) is 0 Å². The van der Waals surface area contributed by atoms with Crippen molar-refractivity contribution in [2.75, 3.05) is 13.2 Å². The van der Waals surface area contributed by atoms with Gasteiger partial charge in [0.05, 0.1) is 13.2 Å². The molecule has 1 atom stereocenters. The van der Waals surface area contributed by atoms with Gasteiger partial charge in [-0.05, 0) is 43.9 Å². The van der Waals surface area contributed by atoms with Crippen LogP contribution >= 0.6 is 0 Å². The predicted octanol–water partition coefficient (Wildman–Crippen LogP) is 5.06. The molecule has 1 unspecified atom stereocenters. The topological polar surface area (TPSA) is 27.7 Å². The molecule has 24 heavy (non-hydrogen) atoms. The van der Waals surface area contributed by atoms with Crippen LogP contribution in [0.5, 0.6) is 11.5 Å². The summed E-state index contributed by atoms with van der Waals surface area (Å²) in [5, 5.41) is 0. The van der Waals surface area contributed by atoms with Gasteiger partial charge in [0.15, 0.2) is 11.5 Å². The first-order valence-electron chi connectivity index (χ1n) is 7.90. The van der Waals surface area contributed by atoms with Crippen LogP contribution in [-0.4, -0.2) is 19.3 Å². The van der Waals surface area contributed by atoms with E-state index < -0.39 is 29.3 Å². The molecule has 3 nitrogen and oxygen atoms in total. The number of ether oxygens (including phenoxy) is 3. The Kier molecular flexibility index (Phi) is 5.96. The number of allylic oxidation sites excluding steroid dienone is 1. The van der Waals surface area contributed by atoms with Crippen molar-refractivity contribution in [3.63, 3.8) is 0 Å². The number of rotatable bonds is 7. The van der Waals surface area contributed by atoms with Crippen LogP contribution in [0.25, 0.3) is 0 Å². The molecular weight excluding hydrogens is 328 g/mol. The van der Waals surface area contributed by atoms with Crippen molar-refractivity contribution in [3.05, 3.63) is 35.6 Å². The van der Waals surface area contributed by atoms with Gasteiger partial charge in [0.2, 0.25) is 17.4 Å². The molecule has 0 spiro atoms. The lowest BCUT2D eigenvalue weighted by molar-refractivity contribution is -0.179. The van der Waals surface area contributed by atoms with Crippen molar-refractivity contribution in [1.82, 2.24) is 0 Å². The summed E-state index contributed by atoms with van der Waals surface area (Å²) in [6, 6.07) is 1.95. The molecule has 2 rings (SSSR count). The van der Waals surface area contributed by atoms with Gasteiger partial charge in [-0.15, -0.1) is 0 Å². The van der Waals surface area contributed by atoms with E-state index in [9.17, 15) is 17.6 Å². The summed E-state index contributed by atoms with van der Waals surface area (Å²) in [5.74, 6) is -4.66. The van der Waals surface area contributed by atoms with E-state index in [-0.39, 0.29) is 24.9 Å². The Labute approximate surface area is 138 Å². The van der Waals surface area contributed by atoms with E-state index in [0.29, 0.717) is 6.42 Å². The molecule has 1 aromatic rings. The highest BCUT2D eigenvalue weighted by molar-refractivity contribution is 5.35. The molecule has 0 fully saturated rings. The number of alkyl halides is 2. The van der Waals surface area contributed by atoms with E-state index in [2.05, 4.69) is 4.74 Å². The monoisotopic (exact) mass is 348 g/mol. The highest BCUT2D eigenvalue weighted by atomic mass is 19.3. The standard InChI is InChI=1S/C17H20F4O3/c1-3-5-11-6-9-14(23-10-11)17(20,21)24-13-8-7-12(22-4-2)15(18)16(13)19/h7-9,11H,3-6,10H2,1-2H3. The summed E-state index contributed by atoms with van der Waals surface area (Å²) in [6.45, 7) is 3.86. The fourth-order valence-electron chi connectivity index (χ4n) is 2.47. The lowest BCUT2D eigenvalue weighted by atomic mass is 9.98. The maximum Gasteiger partial charge on any atom is 0.459 e. The number of hydrogen-bond acceptors (Lipinski definition) is 3. The fraction of sp³-hybridized carbons (Fsp3) is 0.529. The van der Waals surface area contributed by atoms with Crippen molar-refractivity contribution >= 4 is 0 Å². The summed E-state index contributed by atoms with van der Waals surface area (Å²) in [6.07, 6.45) is -0.401. The molecule has 1 aliphatic heterocycles. The minimum Gasteiger partial charge on any atom is -0.491 e. The molecule has 1 heterocycles. The zero-order valence-electron chi connectivity index (χ0n) is 13.6. The Morgan fingerprint density at radius 1 is 1.17 bits per heavy atom. The van der Waals surface area contributed by atoms with Crippen LogP contribution in [-0.2, 0) is 4.74 Å². The van der Waals surface area contributed by atoms with Crippen LogP contribution in [0, 0.1) is 17.6 Å². The average molecular weight is 348 g/mol. The Balaban J connectivity index is 2.13. The first-order valence-corrected chi connectivity index (χ1v) is 7.90. The molecule has 0 saturated heterocycles. The van der Waals surface area contributed by atoms with Gasteiger partial charge in [0.1, 0.15) is 0 Å². The zero-order chi connectivity index (χ0) is 17.7. The van der Waals surface area contributed by atoms with E-state index >= 15 is 0 Å². The van der Waals surface area contributed by atoms with Gasteiger partial charge in [-0.2, -0.15) is 17.6 Å². The smallest absolute Gasteiger partial charge is 0.459 e. The summed E-state index contributed by atoms with van der Waals surface area (Å²) in [5.41, 5.74) is 0. The van der Waals surface area contributed by atoms with Crippen molar-refractivity contribution in [2.24, 2.45) is 5.92 Å². The van der Waals surface area contributed by atoms with Crippen LogP contribution in [0.4, 0.5) is 17.6 Å². The highest BCUT2D eigenvalue weighted by Gasteiger charge is 2.42. The van der Waals surface area contributed by atoms with Crippen molar-refractivity contribution in [2.45, 2.75) is 39.2 Å². The van der Waals surface area contributed by atoms with Crippen LogP contribution in [0.2, 0.25) is 0 Å². The largest absolute Gasteiger partial charge is 0.491 e. The predicted molar refractivity (Wildman–Crippen MR) is 80.2 cm³/mol. The molecule has 7 heteroatoms. The molecule has 0 bridgehead atoms. The molecule has 1 aliphatic rings. The van der Waals surface area contributed by atoms with Gasteiger partial charge >= 0.3 is 6.11 Å². The molecule has 134 valence electrons. The van der Waals surface area contributed by atoms with E-state index in [1.807, 2.05) is 6.92 Å². The quantitative estimate of drug-likeness (QED) is 0.645. The van der Waals surface area contributed by atoms with E-state index in [0.717, 1.165) is 25.0 Å². The van der Waals surface area contributed by atoms with Crippen LogP contribution < -0.4 is 9.47 Å². The van der Waals surface area contributed by atoms with E-state index in [4.69, 9.17) is 9.47 Å². The Morgan fingerprint density at radius 3 is 2.42 bits per heavy atom. The molecule has 0 aliphatic carbocycles. The second kappa shape index (κ2) is 7.77. The van der Waals surface area contributed by atoms with Crippen LogP contribution in [0.1, 0.15) is 33.1 Å². The number of halogens is 4. The maximum atomic E-state index is 14.1. The lowest BCUT2D eigenvalue weighted by Crippen LogP contribution is -2.32. The molecule has 0 saturated carbocycles. The number of benzene rings is 1. The molecule has 1 aromatic carbocycles. The lowest BCUT2D eigenvalue weighted by Gasteiger charge is -2.27. The molecular formula is C17H20F4O3. The number of hydrogen-bond donors (Lipinski definition) is 0. The van der Waals surface area contributed by atoms with Crippen molar-refractivity contribution < 1.29 is 31.8 Å². The van der Waals surface area contributed by atoms with Gasteiger partial charge < -0.3 is 14.2 Å². The first kappa shape index (κ1) is 18.4. The third-order valence-corrected chi connectivity index (χ3v) is 3.64. The fourth-order valence-corrected chi connectivity index (χ4v) is 2.47. The van der Waals surface area contributed by atoms with E-state index in [1.54, 1.807) is 6.92 Å². The third kappa shape index (κ3) is 4.13. The Morgan fingerprint density at radius 2 is 1.83 bits per heavy atom. The first-order chi connectivity index (χ1) is 11.4. The van der Waals surface area contributed by atoms with Crippen LogP contribution in [0.3, 0.4) is 0 Å². The Bertz CT molecular complexity index is 602. The third-order valence-electron chi connectivity index (χ3n) is 3.64. The van der Waals surface area contributed by atoms with Crippen LogP contribution in [0.15, 0.2) is 24.0 Å². The summed E-state index contributed by atoms with van der Waals surface area (Å²) < 4.78 is 70.2. The molecule has 0 aromatic heterocycles. The SMILES string of the molecule is CCCC1CC=C(C(F)(F)Oc2ccc(OCC)c(F)c2F)OC1. The van der Waals surface area contributed by atoms with Gasteiger partial charge in [-0.3, -0.25) is 0 Å². The normalized spacial score (nSPS) is 17.9.